The van der Waals surface area contributed by atoms with E-state index in [0.717, 1.165) is 0 Å². The number of pyridine rings is 1. The van der Waals surface area contributed by atoms with E-state index >= 15 is 0 Å². The number of hydrogen-bond acceptors (Lipinski definition) is 6. The number of hydrogen-bond donors (Lipinski definition) is 2. The predicted molar refractivity (Wildman–Crippen MR) is 159 cm³/mol. The van der Waals surface area contributed by atoms with Crippen LogP contribution in [0.5, 0.6) is 5.75 Å². The van der Waals surface area contributed by atoms with Crippen LogP contribution in [0.2, 0.25) is 5.02 Å². The maximum atomic E-state index is 13.8. The molecule has 0 saturated heterocycles. The van der Waals surface area contributed by atoms with Crippen LogP contribution in [0.4, 0.5) is 10.1 Å². The summed E-state index contributed by atoms with van der Waals surface area (Å²) in [5.41, 5.74) is 2.44. The number of nitrogens with zero attached hydrogens (tertiary/aromatic N) is 4. The summed E-state index contributed by atoms with van der Waals surface area (Å²) < 4.78 is 22.2. The maximum absolute atomic E-state index is 13.8. The molecule has 10 nitrogen and oxygen atoms in total. The molecule has 0 radical (unpaired) electrons. The smallest absolute Gasteiger partial charge is 0.335 e. The van der Waals surface area contributed by atoms with Crippen LogP contribution in [0, 0.1) is 5.82 Å². The highest BCUT2D eigenvalue weighted by Gasteiger charge is 2.23. The van der Waals surface area contributed by atoms with Crippen LogP contribution in [0.25, 0.3) is 28.1 Å². The molecule has 2 aromatic heterocycles. The van der Waals surface area contributed by atoms with Crippen molar-refractivity contribution in [2.45, 2.75) is 19.4 Å². The Morgan fingerprint density at radius 2 is 1.81 bits per heavy atom. The fraction of sp³-hybridized carbons (Fsp3) is 0.129. The number of amides is 1. The monoisotopic (exact) mass is 601 g/mol. The average molecular weight is 602 g/mol. The molecular formula is C31H25ClFN5O5. The number of carboxylic acid groups (broad SMARTS) is 1. The van der Waals surface area contributed by atoms with Crippen molar-refractivity contribution in [3.63, 3.8) is 0 Å². The molecule has 43 heavy (non-hydrogen) atoms. The van der Waals surface area contributed by atoms with Gasteiger partial charge in [-0.25, -0.2) is 13.9 Å². The number of methoxy groups -OCH3 is 1. The Kier molecular flexibility index (Phi) is 8.35. The van der Waals surface area contributed by atoms with Gasteiger partial charge in [-0.2, -0.15) is 0 Å². The first-order chi connectivity index (χ1) is 20.7. The third-order valence-electron chi connectivity index (χ3n) is 6.80. The highest BCUT2D eigenvalue weighted by Crippen LogP contribution is 2.36. The van der Waals surface area contributed by atoms with Gasteiger partial charge >= 0.3 is 5.97 Å². The lowest BCUT2D eigenvalue weighted by atomic mass is 10.0. The molecular weight excluding hydrogens is 577 g/mol. The van der Waals surface area contributed by atoms with Crippen LogP contribution in [0.1, 0.15) is 29.7 Å². The van der Waals surface area contributed by atoms with Crippen molar-refractivity contribution in [2.24, 2.45) is 0 Å². The number of nitrogens with one attached hydrogen (secondary N) is 1. The summed E-state index contributed by atoms with van der Waals surface area (Å²) in [5, 5.41) is 20.6. The minimum atomic E-state index is -1.08. The van der Waals surface area contributed by atoms with E-state index in [1.165, 1.54) is 65.0 Å². The molecule has 0 aliphatic carbocycles. The first-order valence-corrected chi connectivity index (χ1v) is 13.5. The minimum Gasteiger partial charge on any atom is -0.495 e. The normalized spacial score (nSPS) is 11.6. The van der Waals surface area contributed by atoms with Gasteiger partial charge in [0.1, 0.15) is 23.3 Å². The number of aromatic carboxylic acids is 1. The molecule has 0 spiro atoms. The molecule has 0 aliphatic rings. The Morgan fingerprint density at radius 1 is 1.05 bits per heavy atom. The quantitative estimate of drug-likeness (QED) is 0.217. The van der Waals surface area contributed by atoms with Crippen molar-refractivity contribution >= 4 is 29.2 Å². The van der Waals surface area contributed by atoms with Crippen LogP contribution in [-0.2, 0) is 4.79 Å². The number of carbonyl (C=O) groups excluding carboxylic acids is 1. The second-order valence-corrected chi connectivity index (χ2v) is 9.95. The van der Waals surface area contributed by atoms with E-state index in [4.69, 9.17) is 21.4 Å². The van der Waals surface area contributed by atoms with E-state index in [9.17, 15) is 18.8 Å². The Balaban J connectivity index is 1.51. The van der Waals surface area contributed by atoms with Gasteiger partial charge < -0.3 is 15.2 Å². The lowest BCUT2D eigenvalue weighted by Crippen LogP contribution is -2.32. The van der Waals surface area contributed by atoms with Crippen molar-refractivity contribution in [3.05, 3.63) is 112 Å². The molecule has 0 aliphatic heterocycles. The Labute approximate surface area is 249 Å². The summed E-state index contributed by atoms with van der Waals surface area (Å²) in [6, 6.07) is 17.2. The summed E-state index contributed by atoms with van der Waals surface area (Å²) in [4.78, 5) is 37.8. The summed E-state index contributed by atoms with van der Waals surface area (Å²) in [6.45, 7) is 1.76. The number of anilines is 1. The molecule has 0 saturated carbocycles. The topological polar surface area (TPSA) is 128 Å². The van der Waals surface area contributed by atoms with Crippen molar-refractivity contribution in [3.8, 4) is 33.8 Å². The molecule has 0 unspecified atom stereocenters. The van der Waals surface area contributed by atoms with Gasteiger partial charge in [0.25, 0.3) is 5.56 Å². The molecule has 1 amide bonds. The molecule has 0 fully saturated rings. The number of carboxylic acids is 1. The van der Waals surface area contributed by atoms with Crippen molar-refractivity contribution < 1.29 is 23.8 Å². The molecule has 5 aromatic rings. The lowest BCUT2D eigenvalue weighted by Gasteiger charge is -2.20. The van der Waals surface area contributed by atoms with Gasteiger partial charge in [0.05, 0.1) is 30.8 Å². The molecule has 12 heteroatoms. The number of halogens is 2. The van der Waals surface area contributed by atoms with E-state index in [1.54, 1.807) is 43.5 Å². The lowest BCUT2D eigenvalue weighted by molar-refractivity contribution is -0.119. The van der Waals surface area contributed by atoms with E-state index in [2.05, 4.69) is 15.6 Å². The summed E-state index contributed by atoms with van der Waals surface area (Å²) in [6.07, 6.45) is 3.38. The minimum absolute atomic E-state index is 0.0815. The summed E-state index contributed by atoms with van der Waals surface area (Å²) in [5.74, 6) is -1.65. The first-order valence-electron chi connectivity index (χ1n) is 13.1. The van der Waals surface area contributed by atoms with Crippen LogP contribution in [0.3, 0.4) is 0 Å². The van der Waals surface area contributed by atoms with Gasteiger partial charge in [-0.05, 0) is 61.0 Å². The number of ether oxygens (including phenoxy) is 1. The molecule has 3 aromatic carbocycles. The Morgan fingerprint density at radius 3 is 2.49 bits per heavy atom. The molecule has 2 heterocycles. The number of rotatable bonds is 9. The van der Waals surface area contributed by atoms with Gasteiger partial charge in [-0.1, -0.05) is 35.9 Å². The zero-order valence-electron chi connectivity index (χ0n) is 23.0. The van der Waals surface area contributed by atoms with Gasteiger partial charge in [0, 0.05) is 33.5 Å². The third kappa shape index (κ3) is 6.16. The average Bonchev–Trinajstić information content (AvgIpc) is 3.48. The second kappa shape index (κ2) is 12.3. The number of carbonyl (C=O) groups is 2. The maximum Gasteiger partial charge on any atom is 0.335 e. The molecule has 0 bridgehead atoms. The molecule has 218 valence electrons. The second-order valence-electron chi connectivity index (χ2n) is 9.52. The SMILES string of the molecule is CC[C@@H](C(=O)Nc1ccc(C(=O)O)cc1)n1cc(OC)c(-c2cc(Cl)ccc2-n2cc(-c3cccc(F)c3)nn2)cc1=O. The van der Waals surface area contributed by atoms with Crippen molar-refractivity contribution in [1.82, 2.24) is 19.6 Å². The summed E-state index contributed by atoms with van der Waals surface area (Å²) >= 11 is 6.36. The number of aromatic nitrogens is 4. The van der Waals surface area contributed by atoms with Gasteiger partial charge in [0.15, 0.2) is 0 Å². The predicted octanol–water partition coefficient (Wildman–Crippen LogP) is 5.85. The zero-order valence-corrected chi connectivity index (χ0v) is 23.7. The van der Waals surface area contributed by atoms with Gasteiger partial charge in [-0.3, -0.25) is 14.2 Å². The fourth-order valence-corrected chi connectivity index (χ4v) is 4.83. The third-order valence-corrected chi connectivity index (χ3v) is 7.03. The van der Waals surface area contributed by atoms with Crippen molar-refractivity contribution in [2.75, 3.05) is 12.4 Å². The first kappa shape index (κ1) is 29.2. The Hall–Kier alpha value is -5.29. The number of benzene rings is 3. The molecule has 2 N–H and O–H groups in total. The molecule has 1 atom stereocenters. The standard InChI is InChI=1S/C31H25ClFN5O5/c1-3-26(30(40)34-22-10-7-18(8-11-22)31(41)42)37-17-28(43-2)24(15-29(37)39)23-14-20(32)9-12-27(23)38-16-25(35-36-38)19-5-4-6-21(33)13-19/h4-17,26H,3H2,1-2H3,(H,34,40)(H,41,42)/t26-/m0/s1. The Bertz CT molecular complexity index is 1890. The summed E-state index contributed by atoms with van der Waals surface area (Å²) in [7, 11) is 1.44. The van der Waals surface area contributed by atoms with Gasteiger partial charge in [-0.15, -0.1) is 5.10 Å². The highest BCUT2D eigenvalue weighted by atomic mass is 35.5. The van der Waals surface area contributed by atoms with Crippen LogP contribution >= 0.6 is 11.6 Å². The van der Waals surface area contributed by atoms with Crippen LogP contribution < -0.4 is 15.6 Å². The van der Waals surface area contributed by atoms with Gasteiger partial charge in [0.2, 0.25) is 5.91 Å². The van der Waals surface area contributed by atoms with Crippen LogP contribution in [0.15, 0.2) is 90.0 Å². The highest BCUT2D eigenvalue weighted by molar-refractivity contribution is 6.31. The van der Waals surface area contributed by atoms with Crippen LogP contribution in [-0.4, -0.2) is 43.7 Å². The van der Waals surface area contributed by atoms with E-state index < -0.39 is 29.3 Å². The van der Waals surface area contributed by atoms with E-state index in [1.807, 2.05) is 0 Å². The van der Waals surface area contributed by atoms with E-state index in [0.29, 0.717) is 44.5 Å². The molecule has 5 rings (SSSR count). The largest absolute Gasteiger partial charge is 0.495 e. The van der Waals surface area contributed by atoms with E-state index in [-0.39, 0.29) is 12.0 Å². The fourth-order valence-electron chi connectivity index (χ4n) is 4.66. The van der Waals surface area contributed by atoms with Crippen molar-refractivity contribution in [1.29, 1.82) is 0 Å². The zero-order chi connectivity index (χ0) is 30.7.